The van der Waals surface area contributed by atoms with Crippen LogP contribution in [-0.4, -0.2) is 35.1 Å². The molecule has 0 radical (unpaired) electrons. The van der Waals surface area contributed by atoms with E-state index in [1.807, 2.05) is 29.8 Å². The molecule has 4 aromatic rings. The van der Waals surface area contributed by atoms with Crippen LogP contribution in [0.15, 0.2) is 36.7 Å². The second kappa shape index (κ2) is 7.88. The number of hydrogen-bond donors (Lipinski definition) is 3. The first kappa shape index (κ1) is 22.5. The van der Waals surface area contributed by atoms with Gasteiger partial charge in [-0.2, -0.15) is 18.3 Å². The van der Waals surface area contributed by atoms with Gasteiger partial charge < -0.3 is 9.67 Å². The quantitative estimate of drug-likeness (QED) is 0.381. The number of aromatic amines is 1. The number of nitrogens with zero attached hydrogens (tertiary/aromatic N) is 5. The Morgan fingerprint density at radius 1 is 1.24 bits per heavy atom. The summed E-state index contributed by atoms with van der Waals surface area (Å²) in [5, 5.41) is 25.8. The largest absolute Gasteiger partial charge is 0.433 e. The van der Waals surface area contributed by atoms with E-state index in [9.17, 15) is 18.3 Å². The summed E-state index contributed by atoms with van der Waals surface area (Å²) >= 11 is 0. The van der Waals surface area contributed by atoms with Gasteiger partial charge >= 0.3 is 6.18 Å². The van der Waals surface area contributed by atoms with Crippen molar-refractivity contribution in [3.8, 4) is 11.3 Å². The molecule has 3 heterocycles. The number of aromatic nitrogens is 6. The molecule has 1 aromatic carbocycles. The number of nitrogens with two attached hydrogens (primary N) is 1. The third-order valence-electron chi connectivity index (χ3n) is 6.49. The highest BCUT2D eigenvalue weighted by atomic mass is 19.4. The highest BCUT2D eigenvalue weighted by Gasteiger charge is 2.37. The fraction of sp³-hybridized carbons (Fsp3) is 0.391. The van der Waals surface area contributed by atoms with Gasteiger partial charge in [0, 0.05) is 23.9 Å². The van der Waals surface area contributed by atoms with Gasteiger partial charge in [0.15, 0.2) is 5.72 Å². The number of benzene rings is 1. The Morgan fingerprint density at radius 2 is 2.00 bits per heavy atom. The predicted octanol–water partition coefficient (Wildman–Crippen LogP) is 3.83. The number of rotatable bonds is 5. The van der Waals surface area contributed by atoms with Gasteiger partial charge in [-0.15, -0.1) is 10.2 Å². The lowest BCUT2D eigenvalue weighted by molar-refractivity contribution is -0.141. The van der Waals surface area contributed by atoms with Gasteiger partial charge in [-0.05, 0) is 43.4 Å². The van der Waals surface area contributed by atoms with Gasteiger partial charge in [0.25, 0.3) is 0 Å². The third kappa shape index (κ3) is 3.84. The first-order valence-electron chi connectivity index (χ1n) is 11.0. The van der Waals surface area contributed by atoms with Crippen LogP contribution in [0, 0.1) is 5.92 Å². The average Bonchev–Trinajstić information content (AvgIpc) is 3.34. The lowest BCUT2D eigenvalue weighted by Gasteiger charge is -2.33. The first-order chi connectivity index (χ1) is 16.0. The summed E-state index contributed by atoms with van der Waals surface area (Å²) in [4.78, 5) is 3.59. The van der Waals surface area contributed by atoms with Crippen LogP contribution < -0.4 is 5.73 Å². The first-order valence-corrected chi connectivity index (χ1v) is 11.0. The van der Waals surface area contributed by atoms with Crippen molar-refractivity contribution in [2.75, 3.05) is 0 Å². The lowest BCUT2D eigenvalue weighted by atomic mass is 9.72. The number of nitrogens with one attached hydrogen (secondary N) is 1. The fourth-order valence-corrected chi connectivity index (χ4v) is 4.61. The maximum atomic E-state index is 13.6. The number of aryl methyl sites for hydroxylation is 1. The molecule has 0 spiro atoms. The van der Waals surface area contributed by atoms with E-state index in [4.69, 9.17) is 5.73 Å². The lowest BCUT2D eigenvalue weighted by Crippen LogP contribution is -2.34. The number of halogens is 3. The Labute approximate surface area is 193 Å². The maximum absolute atomic E-state index is 13.6. The minimum Gasteiger partial charge on any atom is -0.370 e. The van der Waals surface area contributed by atoms with Crippen molar-refractivity contribution in [2.45, 2.75) is 44.0 Å². The molecule has 178 valence electrons. The average molecular weight is 471 g/mol. The van der Waals surface area contributed by atoms with Crippen molar-refractivity contribution in [3.05, 3.63) is 59.4 Å². The van der Waals surface area contributed by atoms with Gasteiger partial charge in [0.05, 0.1) is 5.52 Å². The SMILES string of the molecule is Cn1cnnc1[C@@H](c1cccc(-c2n[nH]c3c([C@](C)(N)O)nc(C(F)(F)F)cc23)c1)C1CCC1. The van der Waals surface area contributed by atoms with E-state index in [2.05, 4.69) is 25.4 Å². The van der Waals surface area contributed by atoms with Gasteiger partial charge in [-0.1, -0.05) is 24.6 Å². The summed E-state index contributed by atoms with van der Waals surface area (Å²) in [6, 6.07) is 8.51. The fourth-order valence-electron chi connectivity index (χ4n) is 4.61. The Bertz CT molecular complexity index is 1350. The molecule has 0 saturated heterocycles. The molecular formula is C23H24F3N7O. The minimum atomic E-state index is -4.72. The molecule has 1 aliphatic rings. The van der Waals surface area contributed by atoms with Crippen LogP contribution in [0.4, 0.5) is 13.2 Å². The van der Waals surface area contributed by atoms with Gasteiger partial charge in [0.1, 0.15) is 29.2 Å². The van der Waals surface area contributed by atoms with Crippen molar-refractivity contribution in [2.24, 2.45) is 18.7 Å². The predicted molar refractivity (Wildman–Crippen MR) is 118 cm³/mol. The molecule has 8 nitrogen and oxygen atoms in total. The molecule has 2 atom stereocenters. The second-order valence-corrected chi connectivity index (χ2v) is 9.09. The van der Waals surface area contributed by atoms with Gasteiger partial charge in [-0.25, -0.2) is 4.98 Å². The topological polar surface area (TPSA) is 119 Å². The van der Waals surface area contributed by atoms with Crippen LogP contribution in [0.25, 0.3) is 22.2 Å². The second-order valence-electron chi connectivity index (χ2n) is 9.09. The molecule has 0 bridgehead atoms. The number of aliphatic hydroxyl groups is 1. The maximum Gasteiger partial charge on any atom is 0.433 e. The van der Waals surface area contributed by atoms with Crippen molar-refractivity contribution in [1.29, 1.82) is 0 Å². The molecule has 3 aromatic heterocycles. The Morgan fingerprint density at radius 3 is 2.59 bits per heavy atom. The molecule has 5 rings (SSSR count). The summed E-state index contributed by atoms with van der Waals surface area (Å²) < 4.78 is 42.7. The molecular weight excluding hydrogens is 447 g/mol. The van der Waals surface area contributed by atoms with Crippen LogP contribution in [-0.2, 0) is 18.9 Å². The van der Waals surface area contributed by atoms with Crippen molar-refractivity contribution in [1.82, 2.24) is 29.9 Å². The summed E-state index contributed by atoms with van der Waals surface area (Å²) in [6.45, 7) is 1.18. The summed E-state index contributed by atoms with van der Waals surface area (Å²) in [6.07, 6.45) is 0.242. The summed E-state index contributed by atoms with van der Waals surface area (Å²) in [5.74, 6) is 1.27. The standard InChI is InChI=1S/C23H24F3N7O/c1-22(27,34)20-19-15(10-16(29-20)23(24,25)26)18(30-31-19)14-8-4-7-13(9-14)17(12-5-3-6-12)21-32-28-11-33(21)2/h4,7-12,17,34H,3,5-6,27H2,1-2H3,(H,30,31)/t17-,22-/m1/s1. The summed E-state index contributed by atoms with van der Waals surface area (Å²) in [5.41, 5.74) is 4.28. The number of H-pyrrole nitrogens is 1. The number of pyridine rings is 1. The van der Waals surface area contributed by atoms with E-state index in [-0.39, 0.29) is 22.5 Å². The molecule has 0 unspecified atom stereocenters. The zero-order valence-corrected chi connectivity index (χ0v) is 18.6. The molecule has 11 heteroatoms. The number of alkyl halides is 3. The molecule has 0 aliphatic heterocycles. The van der Waals surface area contributed by atoms with Crippen molar-refractivity contribution < 1.29 is 18.3 Å². The Balaban J connectivity index is 1.67. The van der Waals surface area contributed by atoms with E-state index in [0.717, 1.165) is 36.7 Å². The third-order valence-corrected chi connectivity index (χ3v) is 6.49. The van der Waals surface area contributed by atoms with Crippen LogP contribution in [0.3, 0.4) is 0 Å². The molecule has 1 fully saturated rings. The normalized spacial score (nSPS) is 17.5. The number of hydrogen-bond acceptors (Lipinski definition) is 6. The minimum absolute atomic E-state index is 0.0131. The van der Waals surface area contributed by atoms with E-state index in [1.54, 1.807) is 12.4 Å². The molecule has 0 amide bonds. The highest BCUT2D eigenvalue weighted by molar-refractivity contribution is 5.94. The monoisotopic (exact) mass is 471 g/mol. The van der Waals surface area contributed by atoms with Crippen LogP contribution in [0.2, 0.25) is 0 Å². The zero-order valence-electron chi connectivity index (χ0n) is 18.6. The van der Waals surface area contributed by atoms with E-state index < -0.39 is 17.6 Å². The smallest absolute Gasteiger partial charge is 0.370 e. The Hall–Kier alpha value is -3.31. The van der Waals surface area contributed by atoms with Crippen LogP contribution >= 0.6 is 0 Å². The zero-order chi connectivity index (χ0) is 24.3. The van der Waals surface area contributed by atoms with E-state index in [0.29, 0.717) is 17.2 Å². The summed E-state index contributed by atoms with van der Waals surface area (Å²) in [7, 11) is 1.90. The highest BCUT2D eigenvalue weighted by Crippen LogP contribution is 2.43. The van der Waals surface area contributed by atoms with Crippen molar-refractivity contribution >= 4 is 10.9 Å². The van der Waals surface area contributed by atoms with E-state index >= 15 is 0 Å². The van der Waals surface area contributed by atoms with Crippen LogP contribution in [0.1, 0.15) is 54.9 Å². The van der Waals surface area contributed by atoms with Gasteiger partial charge in [-0.3, -0.25) is 10.8 Å². The molecule has 4 N–H and O–H groups in total. The van der Waals surface area contributed by atoms with Gasteiger partial charge in [0.2, 0.25) is 0 Å². The van der Waals surface area contributed by atoms with Crippen molar-refractivity contribution in [3.63, 3.8) is 0 Å². The Kier molecular flexibility index (Phi) is 5.21. The molecule has 34 heavy (non-hydrogen) atoms. The molecule has 1 aliphatic carbocycles. The number of fused-ring (bicyclic) bond motifs is 1. The molecule has 1 saturated carbocycles. The van der Waals surface area contributed by atoms with Crippen LogP contribution in [0.5, 0.6) is 0 Å². The van der Waals surface area contributed by atoms with E-state index in [1.165, 1.54) is 6.92 Å².